The zero-order chi connectivity index (χ0) is 19.0. The van der Waals surface area contributed by atoms with Crippen molar-refractivity contribution in [3.63, 3.8) is 0 Å². The summed E-state index contributed by atoms with van der Waals surface area (Å²) in [6.07, 6.45) is 27.7. The van der Waals surface area contributed by atoms with E-state index in [4.69, 9.17) is 0 Å². The lowest BCUT2D eigenvalue weighted by Gasteiger charge is -2.30. The molecule has 0 fully saturated rings. The predicted molar refractivity (Wildman–Crippen MR) is 117 cm³/mol. The van der Waals surface area contributed by atoms with Gasteiger partial charge >= 0.3 is 0 Å². The predicted octanol–water partition coefficient (Wildman–Crippen LogP) is 8.51. The van der Waals surface area contributed by atoms with Crippen LogP contribution in [-0.2, 0) is 0 Å². The normalized spacial score (nSPS) is 14.3. The van der Waals surface area contributed by atoms with Gasteiger partial charge in [0, 0.05) is 0 Å². The summed E-state index contributed by atoms with van der Waals surface area (Å²) in [5.74, 6) is 0. The summed E-state index contributed by atoms with van der Waals surface area (Å²) < 4.78 is 0. The van der Waals surface area contributed by atoms with E-state index in [1.807, 2.05) is 6.08 Å². The summed E-state index contributed by atoms with van der Waals surface area (Å²) in [5, 5.41) is 0. The van der Waals surface area contributed by atoms with Crippen molar-refractivity contribution in [1.29, 1.82) is 0 Å². The number of unbranched alkanes of at least 4 members (excludes halogenated alkanes) is 1. The molecule has 0 atom stereocenters. The van der Waals surface area contributed by atoms with Crippen LogP contribution in [0.2, 0.25) is 0 Å². The van der Waals surface area contributed by atoms with Gasteiger partial charge in [0.15, 0.2) is 0 Å². The van der Waals surface area contributed by atoms with Crippen molar-refractivity contribution in [1.82, 2.24) is 0 Å². The molecule has 0 bridgehead atoms. The van der Waals surface area contributed by atoms with Gasteiger partial charge in [0.25, 0.3) is 0 Å². The second-order valence-corrected chi connectivity index (χ2v) is 7.18. The van der Waals surface area contributed by atoms with Crippen LogP contribution in [0.15, 0.2) is 72.4 Å². The monoisotopic (exact) mass is 340 g/mol. The molecule has 0 aromatic rings. The molecule has 0 rings (SSSR count). The van der Waals surface area contributed by atoms with Crippen molar-refractivity contribution >= 4 is 0 Å². The maximum Gasteiger partial charge on any atom is -0.0104 e. The molecule has 0 aliphatic heterocycles. The van der Waals surface area contributed by atoms with Crippen molar-refractivity contribution < 1.29 is 0 Å². The van der Waals surface area contributed by atoms with Crippen LogP contribution in [0.4, 0.5) is 0 Å². The molecule has 0 aromatic carbocycles. The smallest absolute Gasteiger partial charge is 0.0104 e. The third kappa shape index (κ3) is 10.8. The van der Waals surface area contributed by atoms with Crippen molar-refractivity contribution in [2.24, 2.45) is 5.41 Å². The van der Waals surface area contributed by atoms with Gasteiger partial charge in [-0.3, -0.25) is 0 Å². The van der Waals surface area contributed by atoms with Gasteiger partial charge in [0.05, 0.1) is 0 Å². The molecule has 0 nitrogen and oxygen atoms in total. The van der Waals surface area contributed by atoms with Crippen LogP contribution < -0.4 is 0 Å². The van der Waals surface area contributed by atoms with Crippen molar-refractivity contribution in [2.45, 2.75) is 79.6 Å². The summed E-state index contributed by atoms with van der Waals surface area (Å²) in [6.45, 7) is 15.1. The third-order valence-corrected chi connectivity index (χ3v) is 4.48. The highest BCUT2D eigenvalue weighted by atomic mass is 14.3. The molecule has 0 saturated heterocycles. The minimum absolute atomic E-state index is 0.180. The van der Waals surface area contributed by atoms with E-state index in [0.717, 1.165) is 32.1 Å². The Morgan fingerprint density at radius 3 is 2.12 bits per heavy atom. The Kier molecular flexibility index (Phi) is 13.8. The first-order valence-electron chi connectivity index (χ1n) is 9.88. The zero-order valence-electron chi connectivity index (χ0n) is 17.4. The highest BCUT2D eigenvalue weighted by Gasteiger charge is 2.23. The van der Waals surface area contributed by atoms with Crippen molar-refractivity contribution in [3.8, 4) is 0 Å². The molecule has 0 saturated carbocycles. The highest BCUT2D eigenvalue weighted by Crippen LogP contribution is 2.37. The number of rotatable bonds is 13. The van der Waals surface area contributed by atoms with Crippen LogP contribution in [0.5, 0.6) is 0 Å². The van der Waals surface area contributed by atoms with Gasteiger partial charge in [-0.25, -0.2) is 0 Å². The van der Waals surface area contributed by atoms with Gasteiger partial charge in [-0.15, -0.1) is 6.58 Å². The fourth-order valence-electron chi connectivity index (χ4n) is 2.96. The van der Waals surface area contributed by atoms with E-state index in [1.54, 1.807) is 5.57 Å². The van der Waals surface area contributed by atoms with Gasteiger partial charge in [-0.1, -0.05) is 93.0 Å². The van der Waals surface area contributed by atoms with Crippen LogP contribution in [0, 0.1) is 5.41 Å². The molecular weight excluding hydrogens is 300 g/mol. The summed E-state index contributed by atoms with van der Waals surface area (Å²) in [5.41, 5.74) is 3.27. The van der Waals surface area contributed by atoms with Crippen LogP contribution in [-0.4, -0.2) is 0 Å². The van der Waals surface area contributed by atoms with Gasteiger partial charge < -0.3 is 0 Å². The first-order valence-corrected chi connectivity index (χ1v) is 9.88. The van der Waals surface area contributed by atoms with E-state index in [0.29, 0.717) is 0 Å². The highest BCUT2D eigenvalue weighted by molar-refractivity contribution is 5.27. The number of hydrogen-bond acceptors (Lipinski definition) is 0. The molecule has 0 spiro atoms. The van der Waals surface area contributed by atoms with Gasteiger partial charge in [0.2, 0.25) is 0 Å². The molecule has 0 N–H and O–H groups in total. The minimum atomic E-state index is 0.180. The number of allylic oxidation sites excluding steroid dienone is 11. The maximum atomic E-state index is 3.98. The molecule has 0 aliphatic rings. The van der Waals surface area contributed by atoms with Crippen LogP contribution in [0.3, 0.4) is 0 Å². The molecule has 0 aliphatic carbocycles. The molecule has 0 radical (unpaired) electrons. The molecule has 0 heteroatoms. The second-order valence-electron chi connectivity index (χ2n) is 7.18. The van der Waals surface area contributed by atoms with Gasteiger partial charge in [-0.05, 0) is 57.8 Å². The van der Waals surface area contributed by atoms with Crippen molar-refractivity contribution in [2.75, 3.05) is 0 Å². The molecule has 140 valence electrons. The third-order valence-electron chi connectivity index (χ3n) is 4.48. The minimum Gasteiger partial charge on any atom is -0.103 e. The fourth-order valence-corrected chi connectivity index (χ4v) is 2.96. The van der Waals surface area contributed by atoms with E-state index in [2.05, 4.69) is 89.8 Å². The van der Waals surface area contributed by atoms with E-state index < -0.39 is 0 Å². The lowest BCUT2D eigenvalue weighted by Crippen LogP contribution is -2.16. The van der Waals surface area contributed by atoms with Gasteiger partial charge in [0.1, 0.15) is 0 Å². The molecule has 25 heavy (non-hydrogen) atoms. The summed E-state index contributed by atoms with van der Waals surface area (Å²) in [7, 11) is 0. The molecule has 0 unspecified atom stereocenters. The average molecular weight is 341 g/mol. The Labute approximate surface area is 157 Å². The second kappa shape index (κ2) is 14.8. The maximum absolute atomic E-state index is 3.98. The standard InChI is InChI=1S/C25H40/c1-7-11-14-15-16-17-18-20-23(19-10-4)24(21-12-8-2)25(5,6)22-13-9-3/h8-10,12-15,17-18H,4,7,11,16,19-22H2,1-3,5-6H3. The van der Waals surface area contributed by atoms with Gasteiger partial charge in [-0.2, -0.15) is 0 Å². The SMILES string of the molecule is C=CCC(CC=CCC=CCCC)=C(CC=CC)C(C)(C)CC=CC. The first-order chi connectivity index (χ1) is 12.0. The van der Waals surface area contributed by atoms with Crippen molar-refractivity contribution in [3.05, 3.63) is 72.4 Å². The molecule has 0 aromatic heterocycles. The summed E-state index contributed by atoms with van der Waals surface area (Å²) in [4.78, 5) is 0. The quantitative estimate of drug-likeness (QED) is 0.295. The van der Waals surface area contributed by atoms with E-state index >= 15 is 0 Å². The Balaban J connectivity index is 5.31. The molecule has 0 heterocycles. The Bertz CT molecular complexity index is 492. The lowest BCUT2D eigenvalue weighted by atomic mass is 9.75. The Morgan fingerprint density at radius 2 is 1.52 bits per heavy atom. The van der Waals surface area contributed by atoms with E-state index in [9.17, 15) is 0 Å². The van der Waals surface area contributed by atoms with Crippen LogP contribution in [0.25, 0.3) is 0 Å². The van der Waals surface area contributed by atoms with Crippen LogP contribution >= 0.6 is 0 Å². The molecular formula is C25H40. The average Bonchev–Trinajstić information content (AvgIpc) is 2.59. The van der Waals surface area contributed by atoms with E-state index in [-0.39, 0.29) is 5.41 Å². The summed E-state index contributed by atoms with van der Waals surface area (Å²) in [6, 6.07) is 0. The van der Waals surface area contributed by atoms with E-state index in [1.165, 1.54) is 18.4 Å². The number of hydrogen-bond donors (Lipinski definition) is 0. The fraction of sp³-hybridized carbons (Fsp3) is 0.520. The first kappa shape index (κ1) is 23.4. The lowest BCUT2D eigenvalue weighted by molar-refractivity contribution is 0.438. The molecule has 0 amide bonds. The largest absolute Gasteiger partial charge is 0.103 e. The summed E-state index contributed by atoms with van der Waals surface area (Å²) >= 11 is 0. The zero-order valence-corrected chi connectivity index (χ0v) is 17.4. The Morgan fingerprint density at radius 1 is 0.840 bits per heavy atom. The van der Waals surface area contributed by atoms with Crippen LogP contribution in [0.1, 0.15) is 79.6 Å². The topological polar surface area (TPSA) is 0 Å². The Hall–Kier alpha value is -1.56.